The molecule has 142 valence electrons. The lowest BCUT2D eigenvalue weighted by molar-refractivity contribution is 0.208. The minimum atomic E-state index is -0.0410. The molecule has 0 unspecified atom stereocenters. The average Bonchev–Trinajstić information content (AvgIpc) is 3.23. The molecule has 2 fully saturated rings. The van der Waals surface area contributed by atoms with E-state index in [2.05, 4.69) is 20.1 Å². The summed E-state index contributed by atoms with van der Waals surface area (Å²) in [7, 11) is 0. The second-order valence-corrected chi connectivity index (χ2v) is 7.18. The van der Waals surface area contributed by atoms with E-state index in [0.29, 0.717) is 13.1 Å². The Hall–Kier alpha value is -2.83. The van der Waals surface area contributed by atoms with Crippen molar-refractivity contribution < 1.29 is 4.79 Å². The molecule has 0 saturated carbocycles. The van der Waals surface area contributed by atoms with Gasteiger partial charge in [0.25, 0.3) is 0 Å². The van der Waals surface area contributed by atoms with Gasteiger partial charge in [0.05, 0.1) is 0 Å². The van der Waals surface area contributed by atoms with E-state index in [-0.39, 0.29) is 6.03 Å². The van der Waals surface area contributed by atoms with Crippen LogP contribution in [-0.4, -0.2) is 60.2 Å². The summed E-state index contributed by atoms with van der Waals surface area (Å²) in [5, 5.41) is 2.99. The highest BCUT2D eigenvalue weighted by molar-refractivity contribution is 5.89. The Labute approximate surface area is 160 Å². The van der Waals surface area contributed by atoms with E-state index in [4.69, 9.17) is 4.98 Å². The van der Waals surface area contributed by atoms with Crippen molar-refractivity contribution in [1.82, 2.24) is 14.9 Å². The number of benzene rings is 1. The van der Waals surface area contributed by atoms with Crippen LogP contribution in [0, 0.1) is 6.92 Å². The summed E-state index contributed by atoms with van der Waals surface area (Å²) in [6.07, 6.45) is 4.26. The molecule has 0 bridgehead atoms. The number of rotatable bonds is 3. The number of aryl methyl sites for hydroxylation is 1. The molecular weight excluding hydrogens is 340 g/mol. The number of hydrogen-bond acceptors (Lipinski definition) is 5. The van der Waals surface area contributed by atoms with E-state index in [1.54, 1.807) is 0 Å². The number of aromatic nitrogens is 2. The zero-order chi connectivity index (χ0) is 18.6. The first-order valence-electron chi connectivity index (χ1n) is 9.64. The van der Waals surface area contributed by atoms with E-state index in [0.717, 1.165) is 49.2 Å². The van der Waals surface area contributed by atoms with Gasteiger partial charge in [0.2, 0.25) is 5.95 Å². The van der Waals surface area contributed by atoms with Crippen LogP contribution in [0.5, 0.6) is 0 Å². The number of nitrogens with zero attached hydrogens (tertiary/aromatic N) is 5. The number of urea groups is 1. The van der Waals surface area contributed by atoms with Crippen LogP contribution in [0.1, 0.15) is 18.4 Å². The highest BCUT2D eigenvalue weighted by atomic mass is 16.2. The van der Waals surface area contributed by atoms with Gasteiger partial charge in [-0.3, -0.25) is 0 Å². The van der Waals surface area contributed by atoms with Gasteiger partial charge in [0.15, 0.2) is 0 Å². The lowest BCUT2D eigenvalue weighted by atomic mass is 10.2. The summed E-state index contributed by atoms with van der Waals surface area (Å²) in [6.45, 7) is 7.01. The van der Waals surface area contributed by atoms with Gasteiger partial charge in [-0.2, -0.15) is 4.98 Å². The Bertz CT molecular complexity index is 797. The molecule has 1 aromatic heterocycles. The number of piperazine rings is 1. The fourth-order valence-electron chi connectivity index (χ4n) is 3.65. The number of carbonyl (C=O) groups is 1. The third-order valence-electron chi connectivity index (χ3n) is 5.18. The summed E-state index contributed by atoms with van der Waals surface area (Å²) in [5.74, 6) is 1.77. The first kappa shape index (κ1) is 17.6. The molecule has 2 aliphatic heterocycles. The minimum absolute atomic E-state index is 0.0410. The van der Waals surface area contributed by atoms with Gasteiger partial charge in [-0.15, -0.1) is 0 Å². The first-order chi connectivity index (χ1) is 13.2. The monoisotopic (exact) mass is 366 g/mol. The quantitative estimate of drug-likeness (QED) is 0.905. The van der Waals surface area contributed by atoms with Crippen LogP contribution in [0.2, 0.25) is 0 Å². The third kappa shape index (κ3) is 4.13. The normalized spacial score (nSPS) is 17.3. The Morgan fingerprint density at radius 3 is 2.52 bits per heavy atom. The van der Waals surface area contributed by atoms with Crippen molar-refractivity contribution in [3.05, 3.63) is 42.1 Å². The second kappa shape index (κ2) is 7.82. The summed E-state index contributed by atoms with van der Waals surface area (Å²) in [6, 6.07) is 9.79. The van der Waals surface area contributed by atoms with Crippen LogP contribution in [0.4, 0.5) is 22.2 Å². The van der Waals surface area contributed by atoms with Crippen LogP contribution in [0.25, 0.3) is 0 Å². The minimum Gasteiger partial charge on any atom is -0.353 e. The van der Waals surface area contributed by atoms with E-state index < -0.39 is 0 Å². The molecule has 27 heavy (non-hydrogen) atoms. The van der Waals surface area contributed by atoms with Crippen LogP contribution in [0.3, 0.4) is 0 Å². The van der Waals surface area contributed by atoms with Crippen molar-refractivity contribution in [2.24, 2.45) is 0 Å². The van der Waals surface area contributed by atoms with Gasteiger partial charge < -0.3 is 20.0 Å². The molecule has 2 aliphatic rings. The van der Waals surface area contributed by atoms with Gasteiger partial charge in [0.1, 0.15) is 5.82 Å². The molecule has 2 amide bonds. The number of amides is 2. The highest BCUT2D eigenvalue weighted by Gasteiger charge is 2.23. The van der Waals surface area contributed by atoms with Crippen LogP contribution >= 0.6 is 0 Å². The SMILES string of the molecule is Cc1cccc(NC(=O)N2CCN(c3ccnc(N4CCCC4)n3)CC2)c1. The van der Waals surface area contributed by atoms with Crippen molar-refractivity contribution in [2.75, 3.05) is 54.4 Å². The molecule has 7 heteroatoms. The molecule has 7 nitrogen and oxygen atoms in total. The maximum Gasteiger partial charge on any atom is 0.321 e. The van der Waals surface area contributed by atoms with Crippen molar-refractivity contribution in [2.45, 2.75) is 19.8 Å². The lowest BCUT2D eigenvalue weighted by Crippen LogP contribution is -2.50. The molecule has 4 rings (SSSR count). The molecule has 1 aromatic carbocycles. The molecule has 0 aliphatic carbocycles. The summed E-state index contributed by atoms with van der Waals surface area (Å²) in [5.41, 5.74) is 1.98. The number of carbonyl (C=O) groups excluding carboxylic acids is 1. The molecule has 1 N–H and O–H groups in total. The molecular formula is C20H26N6O. The average molecular weight is 366 g/mol. The zero-order valence-corrected chi connectivity index (χ0v) is 15.8. The zero-order valence-electron chi connectivity index (χ0n) is 15.8. The van der Waals surface area contributed by atoms with E-state index in [1.807, 2.05) is 48.4 Å². The van der Waals surface area contributed by atoms with E-state index in [1.165, 1.54) is 12.8 Å². The van der Waals surface area contributed by atoms with Gasteiger partial charge in [-0.1, -0.05) is 12.1 Å². The molecule has 2 aromatic rings. The van der Waals surface area contributed by atoms with Crippen LogP contribution < -0.4 is 15.1 Å². The predicted octanol–water partition coefficient (Wildman–Crippen LogP) is 2.74. The molecule has 0 spiro atoms. The maximum absolute atomic E-state index is 12.5. The lowest BCUT2D eigenvalue weighted by Gasteiger charge is -2.35. The molecule has 0 atom stereocenters. The molecule has 0 radical (unpaired) electrons. The molecule has 3 heterocycles. The summed E-state index contributed by atoms with van der Waals surface area (Å²) in [4.78, 5) is 28.0. The maximum atomic E-state index is 12.5. The van der Waals surface area contributed by atoms with Crippen molar-refractivity contribution in [1.29, 1.82) is 0 Å². The fourth-order valence-corrected chi connectivity index (χ4v) is 3.65. The number of anilines is 3. The number of nitrogens with one attached hydrogen (secondary N) is 1. The van der Waals surface area contributed by atoms with Gasteiger partial charge in [-0.25, -0.2) is 9.78 Å². The third-order valence-corrected chi connectivity index (χ3v) is 5.18. The fraction of sp³-hybridized carbons (Fsp3) is 0.450. The Morgan fingerprint density at radius 2 is 1.78 bits per heavy atom. The van der Waals surface area contributed by atoms with Crippen LogP contribution in [0.15, 0.2) is 36.5 Å². The van der Waals surface area contributed by atoms with Crippen molar-refractivity contribution >= 4 is 23.5 Å². The van der Waals surface area contributed by atoms with Gasteiger partial charge >= 0.3 is 6.03 Å². The Balaban J connectivity index is 1.34. The first-order valence-corrected chi connectivity index (χ1v) is 9.64. The van der Waals surface area contributed by atoms with E-state index in [9.17, 15) is 4.79 Å². The van der Waals surface area contributed by atoms with Crippen molar-refractivity contribution in [3.63, 3.8) is 0 Å². The van der Waals surface area contributed by atoms with E-state index >= 15 is 0 Å². The smallest absolute Gasteiger partial charge is 0.321 e. The highest BCUT2D eigenvalue weighted by Crippen LogP contribution is 2.20. The summed E-state index contributed by atoms with van der Waals surface area (Å²) >= 11 is 0. The van der Waals surface area contributed by atoms with Gasteiger partial charge in [-0.05, 0) is 43.5 Å². The second-order valence-electron chi connectivity index (χ2n) is 7.18. The Kier molecular flexibility index (Phi) is 5.09. The summed E-state index contributed by atoms with van der Waals surface area (Å²) < 4.78 is 0. The molecule has 2 saturated heterocycles. The predicted molar refractivity (Wildman–Crippen MR) is 107 cm³/mol. The largest absolute Gasteiger partial charge is 0.353 e. The van der Waals surface area contributed by atoms with Crippen LogP contribution in [-0.2, 0) is 0 Å². The topological polar surface area (TPSA) is 64.6 Å². The number of hydrogen-bond donors (Lipinski definition) is 1. The van der Waals surface area contributed by atoms with Gasteiger partial charge in [0, 0.05) is 51.2 Å². The Morgan fingerprint density at radius 1 is 1.00 bits per heavy atom. The standard InChI is InChI=1S/C20H26N6O/c1-16-5-4-6-17(15-16)22-20(27)26-13-11-24(12-14-26)18-7-8-21-19(23-18)25-9-2-3-10-25/h4-8,15H,2-3,9-14H2,1H3,(H,22,27). The van der Waals surface area contributed by atoms with Crippen molar-refractivity contribution in [3.8, 4) is 0 Å².